The Bertz CT molecular complexity index is 531. The Balaban J connectivity index is 2.25. The van der Waals surface area contributed by atoms with Crippen LogP contribution >= 0.6 is 11.8 Å². The van der Waals surface area contributed by atoms with Crippen molar-refractivity contribution in [3.8, 4) is 0 Å². The van der Waals surface area contributed by atoms with Crippen LogP contribution in [0.5, 0.6) is 0 Å². The summed E-state index contributed by atoms with van der Waals surface area (Å²) in [5.41, 5.74) is 11.0. The Morgan fingerprint density at radius 2 is 1.95 bits per heavy atom. The molecule has 112 valence electrons. The Kier molecular flexibility index (Phi) is 6.62. The molecule has 0 aromatic heterocycles. The molecule has 0 fully saturated rings. The predicted octanol–water partition coefficient (Wildman–Crippen LogP) is 0.376. The third-order valence-electron chi connectivity index (χ3n) is 2.17. The molecule has 5 N–H and O–H groups in total. The van der Waals surface area contributed by atoms with Crippen LogP contribution in [0.15, 0.2) is 29.2 Å². The van der Waals surface area contributed by atoms with Gasteiger partial charge in [0, 0.05) is 22.9 Å². The number of benzene rings is 1. The largest absolute Gasteiger partial charge is 0.448 e. The highest BCUT2D eigenvalue weighted by Gasteiger charge is 2.09. The van der Waals surface area contributed by atoms with Crippen molar-refractivity contribution in [3.05, 3.63) is 24.3 Å². The van der Waals surface area contributed by atoms with Gasteiger partial charge in [-0.15, -0.1) is 11.8 Å². The first-order chi connectivity index (χ1) is 9.39. The molecule has 0 bridgehead atoms. The first-order valence-corrected chi connectivity index (χ1v) is 8.41. The summed E-state index contributed by atoms with van der Waals surface area (Å²) in [6.45, 7) is -0.0719. The minimum absolute atomic E-state index is 0.0117. The van der Waals surface area contributed by atoms with E-state index in [4.69, 9.17) is 11.5 Å². The molecule has 0 radical (unpaired) electrons. The second-order valence-corrected chi connectivity index (χ2v) is 6.89. The van der Waals surface area contributed by atoms with Crippen LogP contribution in [0.1, 0.15) is 0 Å². The number of sulfonamides is 1. The van der Waals surface area contributed by atoms with Gasteiger partial charge < -0.3 is 16.2 Å². The molecular formula is C11H17N3O4S2. The van der Waals surface area contributed by atoms with E-state index in [1.807, 2.05) is 12.1 Å². The van der Waals surface area contributed by atoms with Gasteiger partial charge in [-0.2, -0.15) is 0 Å². The zero-order valence-electron chi connectivity index (χ0n) is 10.7. The van der Waals surface area contributed by atoms with Gasteiger partial charge in [0.1, 0.15) is 6.61 Å². The maximum atomic E-state index is 11.6. The van der Waals surface area contributed by atoms with Crippen molar-refractivity contribution >= 4 is 33.6 Å². The number of thioether (sulfide) groups is 1. The van der Waals surface area contributed by atoms with E-state index in [0.29, 0.717) is 11.4 Å². The lowest BCUT2D eigenvalue weighted by molar-refractivity contribution is 0.159. The third kappa shape index (κ3) is 7.22. The molecule has 9 heteroatoms. The Morgan fingerprint density at radius 1 is 1.30 bits per heavy atom. The van der Waals surface area contributed by atoms with Crippen molar-refractivity contribution in [2.75, 3.05) is 30.4 Å². The number of nitrogen functional groups attached to an aromatic ring is 1. The Morgan fingerprint density at radius 3 is 2.55 bits per heavy atom. The number of nitrogens with two attached hydrogens (primary N) is 2. The van der Waals surface area contributed by atoms with E-state index >= 15 is 0 Å². The summed E-state index contributed by atoms with van der Waals surface area (Å²) < 4.78 is 29.9. The number of ether oxygens (including phenoxy) is 1. The zero-order valence-corrected chi connectivity index (χ0v) is 12.4. The predicted molar refractivity (Wildman–Crippen MR) is 78.9 cm³/mol. The second-order valence-electron chi connectivity index (χ2n) is 3.80. The number of carbonyl (C=O) groups excluding carboxylic acids is 1. The molecule has 0 aliphatic carbocycles. The molecule has 0 aliphatic heterocycles. The van der Waals surface area contributed by atoms with Gasteiger partial charge >= 0.3 is 6.09 Å². The van der Waals surface area contributed by atoms with Gasteiger partial charge in [-0.25, -0.2) is 17.9 Å². The highest BCUT2D eigenvalue weighted by molar-refractivity contribution is 8.00. The summed E-state index contributed by atoms with van der Waals surface area (Å²) >= 11 is 1.42. The van der Waals surface area contributed by atoms with Crippen LogP contribution in [0.4, 0.5) is 10.5 Å². The molecule has 1 rings (SSSR count). The Labute approximate surface area is 122 Å². The number of nitrogens with one attached hydrogen (secondary N) is 1. The molecule has 0 atom stereocenters. The maximum Gasteiger partial charge on any atom is 0.404 e. The summed E-state index contributed by atoms with van der Waals surface area (Å²) in [5.74, 6) is 0.383. The minimum Gasteiger partial charge on any atom is -0.448 e. The summed E-state index contributed by atoms with van der Waals surface area (Å²) in [7, 11) is -3.39. The Hall–Kier alpha value is -1.45. The topological polar surface area (TPSA) is 125 Å². The molecule has 1 aromatic carbocycles. The third-order valence-corrected chi connectivity index (χ3v) is 4.83. The number of hydrogen-bond donors (Lipinski definition) is 3. The number of primary amides is 1. The van der Waals surface area contributed by atoms with Gasteiger partial charge in [-0.3, -0.25) is 0 Å². The molecule has 0 saturated heterocycles. The van der Waals surface area contributed by atoms with Crippen molar-refractivity contribution in [3.63, 3.8) is 0 Å². The average Bonchev–Trinajstić information content (AvgIpc) is 2.37. The van der Waals surface area contributed by atoms with Gasteiger partial charge in [0.15, 0.2) is 0 Å². The lowest BCUT2D eigenvalue weighted by Crippen LogP contribution is -2.31. The highest BCUT2D eigenvalue weighted by atomic mass is 32.2. The van der Waals surface area contributed by atoms with E-state index in [1.165, 1.54) is 11.8 Å². The lowest BCUT2D eigenvalue weighted by atomic mass is 10.3. The molecule has 0 unspecified atom stereocenters. The van der Waals surface area contributed by atoms with Gasteiger partial charge in [-0.1, -0.05) is 0 Å². The van der Waals surface area contributed by atoms with Crippen LogP contribution < -0.4 is 16.2 Å². The fourth-order valence-corrected chi connectivity index (χ4v) is 3.57. The molecule has 1 aromatic rings. The van der Waals surface area contributed by atoms with Crippen molar-refractivity contribution in [1.82, 2.24) is 4.72 Å². The molecule has 7 nitrogen and oxygen atoms in total. The molecule has 0 saturated carbocycles. The summed E-state index contributed by atoms with van der Waals surface area (Å²) in [6, 6.07) is 7.19. The lowest BCUT2D eigenvalue weighted by Gasteiger charge is -2.06. The van der Waals surface area contributed by atoms with Crippen LogP contribution in [-0.4, -0.2) is 39.2 Å². The zero-order chi connectivity index (χ0) is 15.0. The van der Waals surface area contributed by atoms with E-state index in [-0.39, 0.29) is 18.9 Å². The van der Waals surface area contributed by atoms with E-state index in [2.05, 4.69) is 9.46 Å². The van der Waals surface area contributed by atoms with Gasteiger partial charge in [0.05, 0.1) is 5.75 Å². The normalized spacial score (nSPS) is 11.2. The average molecular weight is 319 g/mol. The number of rotatable bonds is 8. The van der Waals surface area contributed by atoms with Crippen LogP contribution in [-0.2, 0) is 14.8 Å². The quantitative estimate of drug-likeness (QED) is 0.361. The van der Waals surface area contributed by atoms with Crippen LogP contribution in [0.25, 0.3) is 0 Å². The highest BCUT2D eigenvalue weighted by Crippen LogP contribution is 2.19. The first kappa shape index (κ1) is 16.6. The van der Waals surface area contributed by atoms with Crippen LogP contribution in [0.2, 0.25) is 0 Å². The standard InChI is InChI=1S/C11H17N3O4S2/c12-9-1-3-10(4-2-9)19-7-8-20(16,17)14-5-6-18-11(13)15/h1-4,14H,5-8,12H2,(H2,13,15). The fourth-order valence-electron chi connectivity index (χ4n) is 1.25. The first-order valence-electron chi connectivity index (χ1n) is 5.77. The van der Waals surface area contributed by atoms with E-state index in [9.17, 15) is 13.2 Å². The van der Waals surface area contributed by atoms with Crippen LogP contribution in [0.3, 0.4) is 0 Å². The molecular weight excluding hydrogens is 302 g/mol. The number of amides is 1. The van der Waals surface area contributed by atoms with E-state index < -0.39 is 16.1 Å². The fraction of sp³-hybridized carbons (Fsp3) is 0.364. The summed E-state index contributed by atoms with van der Waals surface area (Å²) in [5, 5.41) is 0. The van der Waals surface area contributed by atoms with Crippen LogP contribution in [0, 0.1) is 0 Å². The molecule has 0 spiro atoms. The summed E-state index contributed by atoms with van der Waals surface area (Å²) in [6.07, 6.45) is -0.928. The van der Waals surface area contributed by atoms with E-state index in [1.54, 1.807) is 12.1 Å². The van der Waals surface area contributed by atoms with Gasteiger partial charge in [-0.05, 0) is 24.3 Å². The molecule has 1 amide bonds. The molecule has 0 aliphatic rings. The number of hydrogen-bond acceptors (Lipinski definition) is 6. The van der Waals surface area contributed by atoms with Crippen molar-refractivity contribution in [1.29, 1.82) is 0 Å². The van der Waals surface area contributed by atoms with Crippen molar-refractivity contribution in [2.24, 2.45) is 5.73 Å². The SMILES string of the molecule is NC(=O)OCCNS(=O)(=O)CCSc1ccc(N)cc1. The maximum absolute atomic E-state index is 11.6. The summed E-state index contributed by atoms with van der Waals surface area (Å²) in [4.78, 5) is 11.2. The van der Waals surface area contributed by atoms with Gasteiger partial charge in [0.25, 0.3) is 0 Å². The molecule has 20 heavy (non-hydrogen) atoms. The van der Waals surface area contributed by atoms with Crippen molar-refractivity contribution in [2.45, 2.75) is 4.90 Å². The molecule has 0 heterocycles. The minimum atomic E-state index is -3.39. The smallest absolute Gasteiger partial charge is 0.404 e. The monoisotopic (exact) mass is 319 g/mol. The second kappa shape index (κ2) is 7.98. The number of anilines is 1. The number of carbonyl (C=O) groups is 1. The van der Waals surface area contributed by atoms with Gasteiger partial charge in [0.2, 0.25) is 10.0 Å². The van der Waals surface area contributed by atoms with E-state index in [0.717, 1.165) is 4.90 Å². The van der Waals surface area contributed by atoms with Crippen molar-refractivity contribution < 1.29 is 17.9 Å².